The van der Waals surface area contributed by atoms with Gasteiger partial charge in [0.05, 0.1) is 13.3 Å². The number of methoxy groups -OCH3 is 1. The van der Waals surface area contributed by atoms with E-state index in [1.165, 1.54) is 13.2 Å². The minimum atomic E-state index is -0.346. The van der Waals surface area contributed by atoms with Crippen LogP contribution in [-0.2, 0) is 16.6 Å². The molecule has 0 amide bonds. The first-order chi connectivity index (χ1) is 6.13. The van der Waals surface area contributed by atoms with Gasteiger partial charge in [-0.15, -0.1) is 0 Å². The first kappa shape index (κ1) is 9.51. The lowest BCUT2D eigenvalue weighted by Crippen LogP contribution is -1.95. The van der Waals surface area contributed by atoms with Gasteiger partial charge >= 0.3 is 5.97 Å². The van der Waals surface area contributed by atoms with Crippen LogP contribution in [0.5, 0.6) is 0 Å². The molecule has 0 unspecified atom stereocenters. The van der Waals surface area contributed by atoms with E-state index in [1.54, 1.807) is 10.9 Å². The lowest BCUT2D eigenvalue weighted by Gasteiger charge is -1.95. The molecule has 0 aliphatic carbocycles. The molecule has 1 aromatic heterocycles. The van der Waals surface area contributed by atoms with Crippen LogP contribution in [0.1, 0.15) is 12.5 Å². The second-order valence-corrected chi connectivity index (χ2v) is 2.75. The third kappa shape index (κ3) is 2.43. The normalized spacial score (nSPS) is 11.5. The highest BCUT2D eigenvalue weighted by molar-refractivity contribution is 5.90. The molecular weight excluding hydrogens is 168 g/mol. The van der Waals surface area contributed by atoms with Crippen molar-refractivity contribution < 1.29 is 9.53 Å². The Labute approximate surface area is 76.8 Å². The van der Waals surface area contributed by atoms with Gasteiger partial charge in [0, 0.05) is 24.9 Å². The summed E-state index contributed by atoms with van der Waals surface area (Å²) < 4.78 is 6.19. The standard InChI is InChI=1S/C9H12N2O2/c1-7(4-9(12)13-3)8-5-10-11(2)6-8/h4-6H,1-3H3/b7-4+. The van der Waals surface area contributed by atoms with Crippen LogP contribution in [0.2, 0.25) is 0 Å². The number of aromatic nitrogens is 2. The van der Waals surface area contributed by atoms with Crippen LogP contribution < -0.4 is 0 Å². The Bertz CT molecular complexity index is 339. The summed E-state index contributed by atoms with van der Waals surface area (Å²) in [6.45, 7) is 1.84. The van der Waals surface area contributed by atoms with E-state index in [9.17, 15) is 4.79 Å². The Morgan fingerprint density at radius 2 is 2.38 bits per heavy atom. The van der Waals surface area contributed by atoms with Crippen LogP contribution in [-0.4, -0.2) is 22.9 Å². The molecule has 1 rings (SSSR count). The molecule has 1 heterocycles. The fourth-order valence-electron chi connectivity index (χ4n) is 0.944. The summed E-state index contributed by atoms with van der Waals surface area (Å²) in [5.74, 6) is -0.346. The molecule has 0 atom stereocenters. The predicted octanol–water partition coefficient (Wildman–Crippen LogP) is 0.996. The summed E-state index contributed by atoms with van der Waals surface area (Å²) in [5, 5.41) is 3.99. The van der Waals surface area contributed by atoms with Crippen molar-refractivity contribution in [2.45, 2.75) is 6.92 Å². The van der Waals surface area contributed by atoms with Gasteiger partial charge in [-0.3, -0.25) is 4.68 Å². The average molecular weight is 180 g/mol. The molecule has 0 saturated carbocycles. The van der Waals surface area contributed by atoms with Gasteiger partial charge in [0.2, 0.25) is 0 Å². The monoisotopic (exact) mass is 180 g/mol. The van der Waals surface area contributed by atoms with Crippen LogP contribution in [0.15, 0.2) is 18.5 Å². The maximum Gasteiger partial charge on any atom is 0.330 e. The minimum absolute atomic E-state index is 0.346. The molecule has 0 aliphatic heterocycles. The van der Waals surface area contributed by atoms with Gasteiger partial charge in [0.25, 0.3) is 0 Å². The number of carbonyl (C=O) groups excluding carboxylic acids is 1. The number of carbonyl (C=O) groups is 1. The number of esters is 1. The van der Waals surface area contributed by atoms with Crippen molar-refractivity contribution in [1.82, 2.24) is 9.78 Å². The summed E-state index contributed by atoms with van der Waals surface area (Å²) in [4.78, 5) is 10.9. The molecule has 4 heteroatoms. The first-order valence-corrected chi connectivity index (χ1v) is 3.88. The fourth-order valence-corrected chi connectivity index (χ4v) is 0.944. The van der Waals surface area contributed by atoms with Gasteiger partial charge in [-0.1, -0.05) is 0 Å². The van der Waals surface area contributed by atoms with Crippen molar-refractivity contribution >= 4 is 11.5 Å². The van der Waals surface area contributed by atoms with E-state index in [-0.39, 0.29) is 5.97 Å². The second kappa shape index (κ2) is 3.89. The maximum atomic E-state index is 10.9. The van der Waals surface area contributed by atoms with Crippen LogP contribution in [0, 0.1) is 0 Å². The SMILES string of the molecule is COC(=O)/C=C(\C)c1cnn(C)c1. The molecule has 13 heavy (non-hydrogen) atoms. The zero-order valence-corrected chi connectivity index (χ0v) is 7.94. The average Bonchev–Trinajstić information content (AvgIpc) is 2.51. The largest absolute Gasteiger partial charge is 0.466 e. The Kier molecular flexibility index (Phi) is 2.84. The van der Waals surface area contributed by atoms with Crippen molar-refractivity contribution in [2.75, 3.05) is 7.11 Å². The number of ether oxygens (including phenoxy) is 1. The molecule has 0 aromatic carbocycles. The molecule has 0 spiro atoms. The van der Waals surface area contributed by atoms with Crippen molar-refractivity contribution in [1.29, 1.82) is 0 Å². The molecular formula is C9H12N2O2. The Balaban J connectivity index is 2.84. The zero-order chi connectivity index (χ0) is 9.84. The van der Waals surface area contributed by atoms with E-state index in [1.807, 2.05) is 20.2 Å². The van der Waals surface area contributed by atoms with E-state index in [0.29, 0.717) is 0 Å². The quantitative estimate of drug-likeness (QED) is 0.503. The van der Waals surface area contributed by atoms with Crippen LogP contribution in [0.3, 0.4) is 0 Å². The van der Waals surface area contributed by atoms with Crippen molar-refractivity contribution in [3.63, 3.8) is 0 Å². The first-order valence-electron chi connectivity index (χ1n) is 3.88. The van der Waals surface area contributed by atoms with Gasteiger partial charge in [-0.2, -0.15) is 5.10 Å². The highest BCUT2D eigenvalue weighted by atomic mass is 16.5. The third-order valence-corrected chi connectivity index (χ3v) is 1.70. The van der Waals surface area contributed by atoms with Crippen molar-refractivity contribution in [3.8, 4) is 0 Å². The molecule has 0 fully saturated rings. The van der Waals surface area contributed by atoms with Gasteiger partial charge in [-0.25, -0.2) is 4.79 Å². The van der Waals surface area contributed by atoms with Crippen LogP contribution >= 0.6 is 0 Å². The Morgan fingerprint density at radius 1 is 1.69 bits per heavy atom. The van der Waals surface area contributed by atoms with Crippen molar-refractivity contribution in [2.24, 2.45) is 7.05 Å². The Hall–Kier alpha value is -1.58. The Morgan fingerprint density at radius 3 is 2.85 bits per heavy atom. The van der Waals surface area contributed by atoms with Crippen LogP contribution in [0.4, 0.5) is 0 Å². The van der Waals surface area contributed by atoms with Gasteiger partial charge in [0.15, 0.2) is 0 Å². The topological polar surface area (TPSA) is 44.1 Å². The molecule has 0 saturated heterocycles. The summed E-state index contributed by atoms with van der Waals surface area (Å²) in [6, 6.07) is 0. The number of nitrogens with zero attached hydrogens (tertiary/aromatic N) is 2. The number of rotatable bonds is 2. The summed E-state index contributed by atoms with van der Waals surface area (Å²) in [6.07, 6.45) is 4.99. The minimum Gasteiger partial charge on any atom is -0.466 e. The lowest BCUT2D eigenvalue weighted by molar-refractivity contribution is -0.134. The number of hydrogen-bond acceptors (Lipinski definition) is 3. The third-order valence-electron chi connectivity index (χ3n) is 1.70. The highest BCUT2D eigenvalue weighted by Crippen LogP contribution is 2.11. The molecule has 70 valence electrons. The molecule has 0 N–H and O–H groups in total. The molecule has 0 bridgehead atoms. The zero-order valence-electron chi connectivity index (χ0n) is 7.94. The number of allylic oxidation sites excluding steroid dienone is 1. The lowest BCUT2D eigenvalue weighted by atomic mass is 10.1. The molecule has 0 aliphatic rings. The summed E-state index contributed by atoms with van der Waals surface area (Å²) >= 11 is 0. The van der Waals surface area contributed by atoms with E-state index >= 15 is 0 Å². The van der Waals surface area contributed by atoms with Gasteiger partial charge in [-0.05, 0) is 12.5 Å². The summed E-state index contributed by atoms with van der Waals surface area (Å²) in [7, 11) is 3.18. The molecule has 0 radical (unpaired) electrons. The number of hydrogen-bond donors (Lipinski definition) is 0. The van der Waals surface area contributed by atoms with E-state index in [2.05, 4.69) is 9.84 Å². The maximum absolute atomic E-state index is 10.9. The van der Waals surface area contributed by atoms with E-state index < -0.39 is 0 Å². The van der Waals surface area contributed by atoms with E-state index in [0.717, 1.165) is 11.1 Å². The highest BCUT2D eigenvalue weighted by Gasteiger charge is 2.01. The fraction of sp³-hybridized carbons (Fsp3) is 0.333. The van der Waals surface area contributed by atoms with Crippen molar-refractivity contribution in [3.05, 3.63) is 24.0 Å². The number of aryl methyl sites for hydroxylation is 1. The summed E-state index contributed by atoms with van der Waals surface area (Å²) in [5.41, 5.74) is 1.77. The smallest absolute Gasteiger partial charge is 0.330 e. The molecule has 1 aromatic rings. The van der Waals surface area contributed by atoms with E-state index in [4.69, 9.17) is 0 Å². The second-order valence-electron chi connectivity index (χ2n) is 2.75. The van der Waals surface area contributed by atoms with Gasteiger partial charge in [0.1, 0.15) is 0 Å². The van der Waals surface area contributed by atoms with Crippen LogP contribution in [0.25, 0.3) is 5.57 Å². The molecule has 4 nitrogen and oxygen atoms in total. The predicted molar refractivity (Wildman–Crippen MR) is 48.9 cm³/mol. The van der Waals surface area contributed by atoms with Gasteiger partial charge < -0.3 is 4.74 Å².